The predicted octanol–water partition coefficient (Wildman–Crippen LogP) is 10.2. The lowest BCUT2D eigenvalue weighted by atomic mass is 10.0. The summed E-state index contributed by atoms with van der Waals surface area (Å²) in [4.78, 5) is 26.7. The van der Waals surface area contributed by atoms with E-state index in [0.29, 0.717) is 35.4 Å². The van der Waals surface area contributed by atoms with Crippen molar-refractivity contribution in [1.82, 2.24) is 15.0 Å². The van der Waals surface area contributed by atoms with Crippen LogP contribution in [-0.4, -0.2) is 39.2 Å². The first kappa shape index (κ1) is 34.1. The zero-order chi connectivity index (χ0) is 34.5. The van der Waals surface area contributed by atoms with Gasteiger partial charge in [0.05, 0.1) is 12.2 Å². The molecule has 6 rings (SSSR count). The first-order valence-electron chi connectivity index (χ1n) is 17.3. The van der Waals surface area contributed by atoms with Crippen LogP contribution in [-0.2, 0) is 9.53 Å². The molecule has 0 spiro atoms. The first-order chi connectivity index (χ1) is 24.6. The van der Waals surface area contributed by atoms with Crippen molar-refractivity contribution in [3.63, 3.8) is 0 Å². The zero-order valence-electron chi connectivity index (χ0n) is 28.3. The molecule has 0 amide bonds. The molecule has 252 valence electrons. The summed E-state index contributed by atoms with van der Waals surface area (Å²) in [6, 6.07) is 41.3. The van der Waals surface area contributed by atoms with Gasteiger partial charge in [0.1, 0.15) is 11.5 Å². The number of aromatic nitrogens is 3. The highest BCUT2D eigenvalue weighted by Gasteiger charge is 2.16. The number of ether oxygens (including phenoxy) is 2. The molecule has 7 heteroatoms. The molecule has 0 aliphatic heterocycles. The van der Waals surface area contributed by atoms with Gasteiger partial charge in [-0.15, -0.1) is 0 Å². The second-order valence-corrected chi connectivity index (χ2v) is 12.1. The average Bonchev–Trinajstić information content (AvgIpc) is 3.17. The van der Waals surface area contributed by atoms with E-state index in [1.165, 1.54) is 25.3 Å². The minimum absolute atomic E-state index is 0.0788. The number of phenolic OH excluding ortho intramolecular Hbond substituents is 1. The molecule has 0 radical (unpaired) electrons. The molecule has 0 bridgehead atoms. The quantitative estimate of drug-likeness (QED) is 0.0863. The molecular formula is C43H41N3O4. The number of unbranched alkanes of at least 4 members (excludes halogenated alkanes) is 5. The van der Waals surface area contributed by atoms with E-state index < -0.39 is 5.97 Å². The highest BCUT2D eigenvalue weighted by atomic mass is 16.6. The molecule has 5 aromatic carbocycles. The molecule has 0 aliphatic carbocycles. The van der Waals surface area contributed by atoms with Crippen LogP contribution in [0.4, 0.5) is 0 Å². The van der Waals surface area contributed by atoms with Crippen molar-refractivity contribution in [2.24, 2.45) is 0 Å². The maximum absolute atomic E-state index is 12.2. The fourth-order valence-electron chi connectivity index (χ4n) is 5.68. The number of benzene rings is 5. The molecule has 6 aromatic rings. The Morgan fingerprint density at radius 3 is 1.58 bits per heavy atom. The Hall–Kier alpha value is -5.82. The third-order valence-electron chi connectivity index (χ3n) is 8.46. The lowest BCUT2D eigenvalue weighted by molar-refractivity contribution is -0.146. The van der Waals surface area contributed by atoms with Gasteiger partial charge in [0.2, 0.25) is 0 Å². The first-order valence-corrected chi connectivity index (χ1v) is 17.3. The lowest BCUT2D eigenvalue weighted by Gasteiger charge is -2.12. The smallest absolute Gasteiger partial charge is 0.344 e. The summed E-state index contributed by atoms with van der Waals surface area (Å²) in [7, 11) is 0. The third-order valence-corrected chi connectivity index (χ3v) is 8.46. The van der Waals surface area contributed by atoms with Crippen LogP contribution in [0.25, 0.3) is 56.4 Å². The van der Waals surface area contributed by atoms with Gasteiger partial charge in [0, 0.05) is 17.2 Å². The van der Waals surface area contributed by atoms with Gasteiger partial charge in [0.15, 0.2) is 24.1 Å². The topological polar surface area (TPSA) is 94.4 Å². The van der Waals surface area contributed by atoms with E-state index in [-0.39, 0.29) is 12.4 Å². The molecule has 1 aromatic heterocycles. The number of esters is 1. The molecule has 7 nitrogen and oxygen atoms in total. The number of phenols is 1. The summed E-state index contributed by atoms with van der Waals surface area (Å²) in [5.41, 5.74) is 6.44. The molecule has 0 unspecified atom stereocenters. The monoisotopic (exact) mass is 663 g/mol. The fourth-order valence-corrected chi connectivity index (χ4v) is 5.68. The van der Waals surface area contributed by atoms with Gasteiger partial charge in [-0.2, -0.15) is 0 Å². The van der Waals surface area contributed by atoms with Crippen molar-refractivity contribution in [3.8, 4) is 67.9 Å². The van der Waals surface area contributed by atoms with Crippen LogP contribution in [0.2, 0.25) is 0 Å². The van der Waals surface area contributed by atoms with Gasteiger partial charge < -0.3 is 14.6 Å². The standard InChI is InChI=1S/C43H41N3O4/c1-2-3-4-5-6-13-28-49-40(48)30-50-37-26-27-38(39(47)29-37)43-45-41(35-22-18-33(19-23-35)31-14-9-7-10-15-31)44-42(46-43)36-24-20-34(21-25-36)32-16-11-8-12-17-32/h7-12,14-27,29,47H,2-6,13,28,30H2,1H3. The summed E-state index contributed by atoms with van der Waals surface area (Å²) < 4.78 is 11.0. The molecule has 1 N–H and O–H groups in total. The maximum Gasteiger partial charge on any atom is 0.344 e. The molecule has 0 fully saturated rings. The summed E-state index contributed by atoms with van der Waals surface area (Å²) in [6.07, 6.45) is 6.69. The van der Waals surface area contributed by atoms with Gasteiger partial charge in [0.25, 0.3) is 0 Å². The van der Waals surface area contributed by atoms with E-state index in [1.54, 1.807) is 12.1 Å². The summed E-state index contributed by atoms with van der Waals surface area (Å²) in [5, 5.41) is 11.1. The van der Waals surface area contributed by atoms with E-state index >= 15 is 0 Å². The molecule has 0 atom stereocenters. The van der Waals surface area contributed by atoms with Gasteiger partial charge in [-0.3, -0.25) is 0 Å². The predicted molar refractivity (Wildman–Crippen MR) is 199 cm³/mol. The van der Waals surface area contributed by atoms with Crippen LogP contribution in [0, 0.1) is 0 Å². The second kappa shape index (κ2) is 17.0. The van der Waals surface area contributed by atoms with Crippen molar-refractivity contribution < 1.29 is 19.4 Å². The summed E-state index contributed by atoms with van der Waals surface area (Å²) in [6.45, 7) is 2.33. The summed E-state index contributed by atoms with van der Waals surface area (Å²) >= 11 is 0. The van der Waals surface area contributed by atoms with Crippen molar-refractivity contribution >= 4 is 5.97 Å². The van der Waals surface area contributed by atoms with Gasteiger partial charge >= 0.3 is 5.97 Å². The normalized spacial score (nSPS) is 10.9. The van der Waals surface area contributed by atoms with Crippen LogP contribution in [0.1, 0.15) is 45.4 Å². The molecule has 1 heterocycles. The Kier molecular flexibility index (Phi) is 11.6. The SMILES string of the molecule is CCCCCCCCOC(=O)COc1ccc(-c2nc(-c3ccc(-c4ccccc4)cc3)nc(-c3ccc(-c4ccccc4)cc3)n2)c(O)c1. The number of hydrogen-bond donors (Lipinski definition) is 1. The van der Waals surface area contributed by atoms with E-state index in [9.17, 15) is 9.90 Å². The minimum Gasteiger partial charge on any atom is -0.507 e. The highest BCUT2D eigenvalue weighted by Crippen LogP contribution is 2.33. The van der Waals surface area contributed by atoms with Gasteiger partial charge in [-0.1, -0.05) is 148 Å². The van der Waals surface area contributed by atoms with Crippen molar-refractivity contribution in [2.45, 2.75) is 45.4 Å². The Balaban J connectivity index is 1.22. The van der Waals surface area contributed by atoms with Crippen molar-refractivity contribution in [3.05, 3.63) is 127 Å². The highest BCUT2D eigenvalue weighted by molar-refractivity contribution is 5.74. The number of hydrogen-bond acceptors (Lipinski definition) is 7. The molecule has 0 aliphatic rings. The third kappa shape index (κ3) is 8.99. The molecule has 50 heavy (non-hydrogen) atoms. The van der Waals surface area contributed by atoms with Crippen molar-refractivity contribution in [1.29, 1.82) is 0 Å². The van der Waals surface area contributed by atoms with Crippen LogP contribution in [0.5, 0.6) is 11.5 Å². The van der Waals surface area contributed by atoms with Gasteiger partial charge in [-0.25, -0.2) is 19.7 Å². The fraction of sp³-hybridized carbons (Fsp3) is 0.209. The average molecular weight is 664 g/mol. The van der Waals surface area contributed by atoms with Crippen LogP contribution in [0.15, 0.2) is 127 Å². The van der Waals surface area contributed by atoms with E-state index in [0.717, 1.165) is 52.6 Å². The summed E-state index contributed by atoms with van der Waals surface area (Å²) in [5.74, 6) is 1.08. The maximum atomic E-state index is 12.2. The number of carbonyl (C=O) groups excluding carboxylic acids is 1. The molecule has 0 saturated heterocycles. The van der Waals surface area contributed by atoms with E-state index in [4.69, 9.17) is 24.4 Å². The van der Waals surface area contributed by atoms with Crippen molar-refractivity contribution in [2.75, 3.05) is 13.2 Å². The molecule has 0 saturated carbocycles. The number of carbonyl (C=O) groups is 1. The second-order valence-electron chi connectivity index (χ2n) is 12.1. The number of nitrogens with zero attached hydrogens (tertiary/aromatic N) is 3. The zero-order valence-corrected chi connectivity index (χ0v) is 28.3. The minimum atomic E-state index is -0.439. The number of rotatable bonds is 15. The van der Waals surface area contributed by atoms with Crippen LogP contribution in [0.3, 0.4) is 0 Å². The van der Waals surface area contributed by atoms with E-state index in [1.807, 2.05) is 84.9 Å². The lowest BCUT2D eigenvalue weighted by Crippen LogP contribution is -2.15. The molecular weight excluding hydrogens is 622 g/mol. The Morgan fingerprint density at radius 1 is 0.560 bits per heavy atom. The van der Waals surface area contributed by atoms with E-state index in [2.05, 4.69) is 31.2 Å². The largest absolute Gasteiger partial charge is 0.507 e. The van der Waals surface area contributed by atoms with Crippen LogP contribution < -0.4 is 4.74 Å². The Morgan fingerprint density at radius 2 is 1.04 bits per heavy atom. The van der Waals surface area contributed by atoms with Crippen LogP contribution >= 0.6 is 0 Å². The number of aromatic hydroxyl groups is 1. The Bertz CT molecular complexity index is 1880. The Labute approximate surface area is 293 Å². The van der Waals surface area contributed by atoms with Gasteiger partial charge in [-0.05, 0) is 40.8 Å².